The van der Waals surface area contributed by atoms with E-state index in [0.717, 1.165) is 27.4 Å². The van der Waals surface area contributed by atoms with Crippen molar-refractivity contribution in [2.24, 2.45) is 0 Å². The fourth-order valence-corrected chi connectivity index (χ4v) is 3.85. The van der Waals surface area contributed by atoms with Crippen molar-refractivity contribution in [1.82, 2.24) is 9.97 Å². The standard InChI is InChI=1S/C25H20N2OS/c1-18(28)29-22-14-10-20(11-15-22)7-6-19-8-12-21(13-9-19)25(23-4-2-16-26-23)24-5-3-17-27-24/h2-5,8-17,25-27H,1H3. The van der Waals surface area contributed by atoms with Gasteiger partial charge in [-0.1, -0.05) is 35.7 Å². The summed E-state index contributed by atoms with van der Waals surface area (Å²) in [7, 11) is 0. The molecule has 0 spiro atoms. The van der Waals surface area contributed by atoms with E-state index in [9.17, 15) is 4.79 Å². The van der Waals surface area contributed by atoms with Crippen molar-refractivity contribution >= 4 is 16.9 Å². The molecule has 29 heavy (non-hydrogen) atoms. The van der Waals surface area contributed by atoms with Gasteiger partial charge in [0, 0.05) is 46.7 Å². The lowest BCUT2D eigenvalue weighted by Crippen LogP contribution is -2.04. The maximum absolute atomic E-state index is 11.2. The van der Waals surface area contributed by atoms with Gasteiger partial charge in [0.25, 0.3) is 0 Å². The Morgan fingerprint density at radius 2 is 1.31 bits per heavy atom. The van der Waals surface area contributed by atoms with Gasteiger partial charge in [0.05, 0.1) is 5.92 Å². The van der Waals surface area contributed by atoms with E-state index in [2.05, 4.69) is 58.2 Å². The Morgan fingerprint density at radius 3 is 1.76 bits per heavy atom. The summed E-state index contributed by atoms with van der Waals surface area (Å²) in [5.41, 5.74) is 5.39. The van der Waals surface area contributed by atoms with E-state index >= 15 is 0 Å². The van der Waals surface area contributed by atoms with Crippen molar-refractivity contribution in [2.45, 2.75) is 17.7 Å². The molecule has 4 rings (SSSR count). The second kappa shape index (κ2) is 8.72. The molecule has 4 aromatic rings. The molecule has 2 aromatic carbocycles. The second-order valence-corrected chi connectivity index (χ2v) is 7.92. The van der Waals surface area contributed by atoms with Crippen LogP contribution in [0.1, 0.15) is 40.9 Å². The lowest BCUT2D eigenvalue weighted by Gasteiger charge is -2.15. The lowest BCUT2D eigenvalue weighted by molar-refractivity contribution is -0.109. The van der Waals surface area contributed by atoms with Crippen molar-refractivity contribution in [3.63, 3.8) is 0 Å². The zero-order chi connectivity index (χ0) is 20.1. The van der Waals surface area contributed by atoms with Gasteiger partial charge in [0.2, 0.25) is 0 Å². The van der Waals surface area contributed by atoms with Gasteiger partial charge in [-0.3, -0.25) is 4.79 Å². The molecule has 0 amide bonds. The highest BCUT2D eigenvalue weighted by molar-refractivity contribution is 8.13. The molecular formula is C25H20N2OS. The largest absolute Gasteiger partial charge is 0.364 e. The number of carbonyl (C=O) groups excluding carboxylic acids is 1. The van der Waals surface area contributed by atoms with Crippen LogP contribution in [0.15, 0.2) is 90.1 Å². The van der Waals surface area contributed by atoms with Crippen LogP contribution in [0.4, 0.5) is 0 Å². The second-order valence-electron chi connectivity index (χ2n) is 6.67. The highest BCUT2D eigenvalue weighted by atomic mass is 32.2. The number of benzene rings is 2. The van der Waals surface area contributed by atoms with E-state index in [1.807, 2.05) is 48.8 Å². The number of aromatic amines is 2. The molecule has 3 nitrogen and oxygen atoms in total. The summed E-state index contributed by atoms with van der Waals surface area (Å²) in [6.45, 7) is 1.57. The Morgan fingerprint density at radius 1 is 0.793 bits per heavy atom. The molecule has 0 atom stereocenters. The third-order valence-electron chi connectivity index (χ3n) is 4.58. The van der Waals surface area contributed by atoms with Gasteiger partial charge in [-0.05, 0) is 66.2 Å². The van der Waals surface area contributed by atoms with E-state index in [-0.39, 0.29) is 11.0 Å². The maximum Gasteiger partial charge on any atom is 0.190 e. The average molecular weight is 397 g/mol. The summed E-state index contributed by atoms with van der Waals surface area (Å²) in [5, 5.41) is 0.0842. The summed E-state index contributed by atoms with van der Waals surface area (Å²) in [5.74, 6) is 6.54. The first-order valence-corrected chi connectivity index (χ1v) is 10.2. The Hall–Kier alpha value is -3.42. The zero-order valence-electron chi connectivity index (χ0n) is 16.0. The van der Waals surface area contributed by atoms with Crippen molar-refractivity contribution in [2.75, 3.05) is 0 Å². The number of nitrogens with one attached hydrogen (secondary N) is 2. The fourth-order valence-electron chi connectivity index (χ4n) is 3.25. The van der Waals surface area contributed by atoms with Crippen LogP contribution in [-0.2, 0) is 4.79 Å². The Kier molecular flexibility index (Phi) is 5.69. The van der Waals surface area contributed by atoms with Crippen LogP contribution in [0, 0.1) is 11.8 Å². The van der Waals surface area contributed by atoms with E-state index in [0.29, 0.717) is 0 Å². The lowest BCUT2D eigenvalue weighted by atomic mass is 9.92. The minimum atomic E-state index is 0.0842. The Labute approximate surface area is 174 Å². The van der Waals surface area contributed by atoms with Gasteiger partial charge in [0.1, 0.15) is 0 Å². The van der Waals surface area contributed by atoms with E-state index in [1.165, 1.54) is 17.3 Å². The Balaban J connectivity index is 1.54. The number of hydrogen-bond donors (Lipinski definition) is 2. The van der Waals surface area contributed by atoms with Gasteiger partial charge < -0.3 is 9.97 Å². The summed E-state index contributed by atoms with van der Waals surface area (Å²) in [6, 6.07) is 24.4. The topological polar surface area (TPSA) is 48.6 Å². The van der Waals surface area contributed by atoms with Crippen LogP contribution >= 0.6 is 11.8 Å². The predicted molar refractivity (Wildman–Crippen MR) is 118 cm³/mol. The third kappa shape index (κ3) is 4.71. The van der Waals surface area contributed by atoms with Gasteiger partial charge in [-0.15, -0.1) is 0 Å². The van der Waals surface area contributed by atoms with Crippen LogP contribution in [0.2, 0.25) is 0 Å². The molecule has 4 heteroatoms. The molecule has 0 unspecified atom stereocenters. The van der Waals surface area contributed by atoms with E-state index < -0.39 is 0 Å². The third-order valence-corrected chi connectivity index (χ3v) is 5.37. The number of carbonyl (C=O) groups is 1. The van der Waals surface area contributed by atoms with Crippen molar-refractivity contribution in [1.29, 1.82) is 0 Å². The van der Waals surface area contributed by atoms with E-state index in [4.69, 9.17) is 0 Å². The average Bonchev–Trinajstić information content (AvgIpc) is 3.43. The number of H-pyrrole nitrogens is 2. The highest BCUT2D eigenvalue weighted by Gasteiger charge is 2.18. The monoisotopic (exact) mass is 396 g/mol. The normalized spacial score (nSPS) is 10.6. The molecule has 0 aliphatic rings. The van der Waals surface area contributed by atoms with Crippen LogP contribution in [0.3, 0.4) is 0 Å². The molecule has 142 valence electrons. The van der Waals surface area contributed by atoms with Crippen LogP contribution in [0.5, 0.6) is 0 Å². The molecule has 0 fully saturated rings. The summed E-state index contributed by atoms with van der Waals surface area (Å²) in [6.07, 6.45) is 3.90. The minimum Gasteiger partial charge on any atom is -0.364 e. The first-order valence-electron chi connectivity index (χ1n) is 9.36. The van der Waals surface area contributed by atoms with Gasteiger partial charge in [-0.2, -0.15) is 0 Å². The molecule has 0 bridgehead atoms. The first kappa shape index (κ1) is 18.9. The molecule has 2 heterocycles. The van der Waals surface area contributed by atoms with Crippen molar-refractivity contribution in [3.05, 3.63) is 113 Å². The maximum atomic E-state index is 11.2. The number of hydrogen-bond acceptors (Lipinski definition) is 2. The molecule has 0 aliphatic heterocycles. The molecule has 0 saturated carbocycles. The number of aromatic nitrogens is 2. The predicted octanol–water partition coefficient (Wildman–Crippen LogP) is 5.56. The van der Waals surface area contributed by atoms with Crippen LogP contribution in [0.25, 0.3) is 0 Å². The zero-order valence-corrected chi connectivity index (χ0v) is 16.8. The number of thioether (sulfide) groups is 1. The van der Waals surface area contributed by atoms with Crippen molar-refractivity contribution < 1.29 is 4.79 Å². The molecule has 0 radical (unpaired) electrons. The number of rotatable bonds is 4. The smallest absolute Gasteiger partial charge is 0.190 e. The quantitative estimate of drug-likeness (QED) is 0.350. The SMILES string of the molecule is CC(=O)Sc1ccc(C#Cc2ccc(C(c3ccc[nH]3)c3ccc[nH]3)cc2)cc1. The molecule has 2 aromatic heterocycles. The van der Waals surface area contributed by atoms with Crippen molar-refractivity contribution in [3.8, 4) is 11.8 Å². The highest BCUT2D eigenvalue weighted by Crippen LogP contribution is 2.29. The Bertz CT molecular complexity index is 1100. The summed E-state index contributed by atoms with van der Waals surface area (Å²) >= 11 is 1.23. The summed E-state index contributed by atoms with van der Waals surface area (Å²) in [4.78, 5) is 18.8. The van der Waals surface area contributed by atoms with Crippen LogP contribution in [-0.4, -0.2) is 15.1 Å². The summed E-state index contributed by atoms with van der Waals surface area (Å²) < 4.78 is 0. The fraction of sp³-hybridized carbons (Fsp3) is 0.0800. The minimum absolute atomic E-state index is 0.0842. The van der Waals surface area contributed by atoms with Gasteiger partial charge >= 0.3 is 0 Å². The molecule has 2 N–H and O–H groups in total. The molecule has 0 aliphatic carbocycles. The van der Waals surface area contributed by atoms with Gasteiger partial charge in [-0.25, -0.2) is 0 Å². The van der Waals surface area contributed by atoms with Gasteiger partial charge in [0.15, 0.2) is 5.12 Å². The van der Waals surface area contributed by atoms with Crippen LogP contribution < -0.4 is 0 Å². The first-order chi connectivity index (χ1) is 14.2. The van der Waals surface area contributed by atoms with E-state index in [1.54, 1.807) is 6.92 Å². The molecular weight excluding hydrogens is 376 g/mol. The molecule has 0 saturated heterocycles.